The van der Waals surface area contributed by atoms with Crippen molar-refractivity contribution in [2.24, 2.45) is 5.10 Å². The summed E-state index contributed by atoms with van der Waals surface area (Å²) in [7, 11) is 1.52. The Labute approximate surface area is 118 Å². The van der Waals surface area contributed by atoms with E-state index in [2.05, 4.69) is 15.5 Å². The van der Waals surface area contributed by atoms with Crippen LogP contribution in [0.1, 0.15) is 15.9 Å². The van der Waals surface area contributed by atoms with Crippen molar-refractivity contribution in [2.45, 2.75) is 0 Å². The molecule has 1 aromatic heterocycles. The number of nitrogens with zero attached hydrogens (tertiary/aromatic N) is 1. The van der Waals surface area contributed by atoms with Crippen LogP contribution in [-0.2, 0) is 0 Å². The summed E-state index contributed by atoms with van der Waals surface area (Å²) in [6.07, 6.45) is 2.41. The summed E-state index contributed by atoms with van der Waals surface area (Å²) in [5, 5.41) is 3.74. The number of rotatable bonds is 4. The second-order valence-electron chi connectivity index (χ2n) is 3.93. The van der Waals surface area contributed by atoms with Gasteiger partial charge in [-0.3, -0.25) is 14.6 Å². The Kier molecular flexibility index (Phi) is 4.30. The Hall–Kier alpha value is -3.16. The molecule has 2 rings (SSSR count). The monoisotopic (exact) mass is 288 g/mol. The Morgan fingerprint density at radius 3 is 2.81 bits per heavy atom. The van der Waals surface area contributed by atoms with E-state index in [1.54, 1.807) is 24.3 Å². The molecule has 0 radical (unpaired) electrons. The van der Waals surface area contributed by atoms with E-state index >= 15 is 0 Å². The number of amides is 1. The van der Waals surface area contributed by atoms with E-state index in [9.17, 15) is 14.4 Å². The second-order valence-corrected chi connectivity index (χ2v) is 3.93. The average Bonchev–Trinajstić information content (AvgIpc) is 2.47. The number of carbonyl (C=O) groups is 1. The van der Waals surface area contributed by atoms with Crippen molar-refractivity contribution < 1.29 is 9.53 Å². The molecule has 3 N–H and O–H groups in total. The summed E-state index contributed by atoms with van der Waals surface area (Å²) in [5.41, 5.74) is 1.14. The molecule has 1 heterocycles. The number of benzene rings is 1. The number of ether oxygens (including phenoxy) is 1. The molecule has 0 saturated carbocycles. The van der Waals surface area contributed by atoms with Gasteiger partial charge in [0.15, 0.2) is 0 Å². The van der Waals surface area contributed by atoms with Gasteiger partial charge in [-0.2, -0.15) is 5.10 Å². The van der Waals surface area contributed by atoms with Crippen molar-refractivity contribution in [1.29, 1.82) is 0 Å². The molecule has 1 amide bonds. The number of H-pyrrole nitrogens is 2. The number of carbonyl (C=O) groups excluding carboxylic acids is 1. The molecular formula is C13H12N4O4. The first-order chi connectivity index (χ1) is 10.1. The number of hydrogen-bond donors (Lipinski definition) is 3. The quantitative estimate of drug-likeness (QED) is 0.535. The molecule has 1 aromatic carbocycles. The van der Waals surface area contributed by atoms with Gasteiger partial charge in [-0.05, 0) is 12.1 Å². The highest BCUT2D eigenvalue weighted by Crippen LogP contribution is 2.14. The molecule has 0 aliphatic carbocycles. The Morgan fingerprint density at radius 1 is 1.33 bits per heavy atom. The lowest BCUT2D eigenvalue weighted by atomic mass is 10.2. The predicted octanol–water partition coefficient (Wildman–Crippen LogP) is -0.164. The largest absolute Gasteiger partial charge is 0.496 e. The number of aromatic nitrogens is 2. The molecule has 0 spiro atoms. The lowest BCUT2D eigenvalue weighted by Gasteiger charge is -2.03. The zero-order valence-electron chi connectivity index (χ0n) is 11.0. The fourth-order valence-corrected chi connectivity index (χ4v) is 1.57. The highest BCUT2D eigenvalue weighted by molar-refractivity contribution is 5.94. The van der Waals surface area contributed by atoms with Crippen LogP contribution in [0.3, 0.4) is 0 Å². The van der Waals surface area contributed by atoms with Crippen LogP contribution in [0, 0.1) is 0 Å². The van der Waals surface area contributed by atoms with Crippen LogP contribution in [0.25, 0.3) is 0 Å². The molecular weight excluding hydrogens is 276 g/mol. The van der Waals surface area contributed by atoms with Crippen molar-refractivity contribution in [3.8, 4) is 5.75 Å². The summed E-state index contributed by atoms with van der Waals surface area (Å²) in [6.45, 7) is 0. The molecule has 0 bridgehead atoms. The van der Waals surface area contributed by atoms with Gasteiger partial charge in [0.1, 0.15) is 11.3 Å². The van der Waals surface area contributed by atoms with E-state index in [0.717, 1.165) is 6.20 Å². The Bertz CT molecular complexity index is 791. The lowest BCUT2D eigenvalue weighted by Crippen LogP contribution is -2.31. The SMILES string of the molecule is COc1ccccc1/C=N\NC(=O)c1c[nH]c(=O)[nH]c1=O. The maximum atomic E-state index is 11.7. The first-order valence-electron chi connectivity index (χ1n) is 5.90. The third kappa shape index (κ3) is 3.44. The number of hydrazone groups is 1. The van der Waals surface area contributed by atoms with E-state index in [4.69, 9.17) is 4.74 Å². The standard InChI is InChI=1S/C13H12N4O4/c1-21-10-5-3-2-4-8(10)6-15-17-12(19)9-7-14-13(20)16-11(9)18/h2-7H,1H3,(H,17,19)(H2,14,16,18,20)/b15-6-. The molecule has 8 nitrogen and oxygen atoms in total. The number of para-hydroxylation sites is 1. The van der Waals surface area contributed by atoms with Crippen LogP contribution in [-0.4, -0.2) is 29.2 Å². The van der Waals surface area contributed by atoms with E-state index in [1.165, 1.54) is 13.3 Å². The van der Waals surface area contributed by atoms with Crippen LogP contribution < -0.4 is 21.4 Å². The molecule has 0 atom stereocenters. The van der Waals surface area contributed by atoms with Gasteiger partial charge in [-0.1, -0.05) is 12.1 Å². The second kappa shape index (κ2) is 6.33. The normalized spacial score (nSPS) is 10.5. The summed E-state index contributed by atoms with van der Waals surface area (Å²) in [4.78, 5) is 38.1. The number of aromatic amines is 2. The van der Waals surface area contributed by atoms with Crippen molar-refractivity contribution in [1.82, 2.24) is 15.4 Å². The Balaban J connectivity index is 2.12. The molecule has 8 heteroatoms. The summed E-state index contributed by atoms with van der Waals surface area (Å²) < 4.78 is 5.12. The maximum Gasteiger partial charge on any atom is 0.325 e. The fourth-order valence-electron chi connectivity index (χ4n) is 1.57. The van der Waals surface area contributed by atoms with E-state index in [1.807, 2.05) is 4.98 Å². The maximum absolute atomic E-state index is 11.7. The van der Waals surface area contributed by atoms with Gasteiger partial charge in [-0.25, -0.2) is 10.2 Å². The van der Waals surface area contributed by atoms with E-state index in [0.29, 0.717) is 11.3 Å². The van der Waals surface area contributed by atoms with Gasteiger partial charge in [0, 0.05) is 11.8 Å². The van der Waals surface area contributed by atoms with Crippen LogP contribution in [0.4, 0.5) is 0 Å². The predicted molar refractivity (Wildman–Crippen MR) is 75.7 cm³/mol. The first-order valence-corrected chi connectivity index (χ1v) is 5.90. The lowest BCUT2D eigenvalue weighted by molar-refractivity contribution is 0.0953. The van der Waals surface area contributed by atoms with Crippen molar-refractivity contribution in [2.75, 3.05) is 7.11 Å². The van der Waals surface area contributed by atoms with Gasteiger partial charge in [0.2, 0.25) is 0 Å². The summed E-state index contributed by atoms with van der Waals surface area (Å²) in [6, 6.07) is 7.09. The van der Waals surface area contributed by atoms with Crippen molar-refractivity contribution in [3.63, 3.8) is 0 Å². The third-order valence-electron chi connectivity index (χ3n) is 2.57. The fraction of sp³-hybridized carbons (Fsp3) is 0.0769. The topological polar surface area (TPSA) is 116 Å². The molecule has 0 unspecified atom stereocenters. The van der Waals surface area contributed by atoms with Crippen LogP contribution >= 0.6 is 0 Å². The highest BCUT2D eigenvalue weighted by atomic mass is 16.5. The molecule has 2 aromatic rings. The molecule has 0 fully saturated rings. The zero-order valence-corrected chi connectivity index (χ0v) is 11.0. The smallest absolute Gasteiger partial charge is 0.325 e. The van der Waals surface area contributed by atoms with Crippen LogP contribution in [0.15, 0.2) is 45.2 Å². The van der Waals surface area contributed by atoms with Gasteiger partial charge in [0.05, 0.1) is 13.3 Å². The number of nitrogens with one attached hydrogen (secondary N) is 3. The summed E-state index contributed by atoms with van der Waals surface area (Å²) in [5.74, 6) is -0.143. The summed E-state index contributed by atoms with van der Waals surface area (Å²) >= 11 is 0. The minimum Gasteiger partial charge on any atom is -0.496 e. The third-order valence-corrected chi connectivity index (χ3v) is 2.57. The zero-order chi connectivity index (χ0) is 15.2. The number of hydrogen-bond acceptors (Lipinski definition) is 5. The minimum absolute atomic E-state index is 0.244. The van der Waals surface area contributed by atoms with Gasteiger partial charge in [0.25, 0.3) is 11.5 Å². The van der Waals surface area contributed by atoms with Crippen molar-refractivity contribution in [3.05, 3.63) is 62.4 Å². The molecule has 0 aliphatic heterocycles. The molecule has 0 saturated heterocycles. The minimum atomic E-state index is -0.788. The Morgan fingerprint density at radius 2 is 2.10 bits per heavy atom. The highest BCUT2D eigenvalue weighted by Gasteiger charge is 2.09. The van der Waals surface area contributed by atoms with Gasteiger partial charge >= 0.3 is 5.69 Å². The van der Waals surface area contributed by atoms with Crippen molar-refractivity contribution >= 4 is 12.1 Å². The molecule has 108 valence electrons. The molecule has 0 aliphatic rings. The van der Waals surface area contributed by atoms with Crippen LogP contribution in [0.5, 0.6) is 5.75 Å². The average molecular weight is 288 g/mol. The first kappa shape index (κ1) is 14.3. The molecule has 21 heavy (non-hydrogen) atoms. The van der Waals surface area contributed by atoms with Gasteiger partial charge in [-0.15, -0.1) is 0 Å². The number of methoxy groups -OCH3 is 1. The van der Waals surface area contributed by atoms with Gasteiger partial charge < -0.3 is 9.72 Å². The van der Waals surface area contributed by atoms with E-state index < -0.39 is 17.2 Å². The van der Waals surface area contributed by atoms with Crippen LogP contribution in [0.2, 0.25) is 0 Å². The van der Waals surface area contributed by atoms with E-state index in [-0.39, 0.29) is 5.56 Å².